The van der Waals surface area contributed by atoms with Crippen LogP contribution in [0.15, 0.2) is 17.8 Å². The molecular formula is C13H20N4S. The molecule has 18 heavy (non-hydrogen) atoms. The summed E-state index contributed by atoms with van der Waals surface area (Å²) < 4.78 is 0. The van der Waals surface area contributed by atoms with E-state index in [2.05, 4.69) is 29.1 Å². The fourth-order valence-corrected chi connectivity index (χ4v) is 2.94. The van der Waals surface area contributed by atoms with Crippen LogP contribution in [0.5, 0.6) is 0 Å². The van der Waals surface area contributed by atoms with Gasteiger partial charge in [-0.15, -0.1) is 11.3 Å². The normalized spacial score (nSPS) is 13.1. The van der Waals surface area contributed by atoms with Gasteiger partial charge in [0.25, 0.3) is 0 Å². The van der Waals surface area contributed by atoms with Gasteiger partial charge in [0.1, 0.15) is 17.0 Å². The summed E-state index contributed by atoms with van der Waals surface area (Å²) in [7, 11) is 0. The van der Waals surface area contributed by atoms with Crippen molar-refractivity contribution < 1.29 is 0 Å². The topological polar surface area (TPSA) is 63.8 Å². The number of nitrogens with zero attached hydrogens (tertiary/aromatic N) is 2. The van der Waals surface area contributed by atoms with Crippen molar-refractivity contribution in [2.75, 3.05) is 11.9 Å². The summed E-state index contributed by atoms with van der Waals surface area (Å²) in [6.45, 7) is 5.14. The third kappa shape index (κ3) is 2.79. The number of hydrogen-bond acceptors (Lipinski definition) is 5. The molecule has 0 aliphatic heterocycles. The Balaban J connectivity index is 2.04. The first-order chi connectivity index (χ1) is 8.76. The van der Waals surface area contributed by atoms with Crippen LogP contribution >= 0.6 is 11.3 Å². The van der Waals surface area contributed by atoms with Crippen LogP contribution in [0.4, 0.5) is 5.82 Å². The van der Waals surface area contributed by atoms with E-state index in [0.29, 0.717) is 5.92 Å². The van der Waals surface area contributed by atoms with E-state index in [9.17, 15) is 0 Å². The van der Waals surface area contributed by atoms with E-state index < -0.39 is 0 Å². The first kappa shape index (κ1) is 13.2. The lowest BCUT2D eigenvalue weighted by Gasteiger charge is -2.21. The zero-order valence-corrected chi connectivity index (χ0v) is 11.7. The van der Waals surface area contributed by atoms with Crippen LogP contribution in [0.3, 0.4) is 0 Å². The Hall–Kier alpha value is -1.20. The molecule has 2 rings (SSSR count). The summed E-state index contributed by atoms with van der Waals surface area (Å²) in [5.41, 5.74) is 6.20. The molecule has 0 saturated heterocycles. The number of anilines is 1. The molecule has 4 nitrogen and oxygen atoms in total. The number of nitrogens with one attached hydrogen (secondary N) is 1. The van der Waals surface area contributed by atoms with Gasteiger partial charge in [-0.25, -0.2) is 9.97 Å². The van der Waals surface area contributed by atoms with E-state index in [4.69, 9.17) is 5.73 Å². The van der Waals surface area contributed by atoms with Crippen LogP contribution < -0.4 is 11.1 Å². The van der Waals surface area contributed by atoms with Crippen molar-refractivity contribution in [2.45, 2.75) is 32.7 Å². The first-order valence-corrected chi connectivity index (χ1v) is 7.31. The van der Waals surface area contributed by atoms with Gasteiger partial charge in [0.15, 0.2) is 0 Å². The Kier molecular flexibility index (Phi) is 4.49. The van der Waals surface area contributed by atoms with Gasteiger partial charge in [-0.2, -0.15) is 0 Å². The molecule has 1 atom stereocenters. The summed E-state index contributed by atoms with van der Waals surface area (Å²) in [6.07, 6.45) is 3.85. The van der Waals surface area contributed by atoms with E-state index in [1.807, 2.05) is 11.4 Å². The molecular weight excluding hydrogens is 244 g/mol. The van der Waals surface area contributed by atoms with Gasteiger partial charge < -0.3 is 11.1 Å². The summed E-state index contributed by atoms with van der Waals surface area (Å²) in [5.74, 6) is 1.46. The smallest absolute Gasteiger partial charge is 0.138 e. The van der Waals surface area contributed by atoms with E-state index in [1.165, 1.54) is 0 Å². The molecule has 0 fully saturated rings. The van der Waals surface area contributed by atoms with Gasteiger partial charge in [-0.1, -0.05) is 26.7 Å². The van der Waals surface area contributed by atoms with Crippen molar-refractivity contribution in [3.63, 3.8) is 0 Å². The number of fused-ring (bicyclic) bond motifs is 1. The van der Waals surface area contributed by atoms with Crippen LogP contribution in [-0.4, -0.2) is 22.6 Å². The Morgan fingerprint density at radius 1 is 1.33 bits per heavy atom. The second-order valence-electron chi connectivity index (χ2n) is 4.48. The van der Waals surface area contributed by atoms with E-state index >= 15 is 0 Å². The fraction of sp³-hybridized carbons (Fsp3) is 0.538. The number of thiophene rings is 1. The van der Waals surface area contributed by atoms with Gasteiger partial charge in [-0.3, -0.25) is 0 Å². The average molecular weight is 264 g/mol. The van der Waals surface area contributed by atoms with Crippen molar-refractivity contribution in [1.82, 2.24) is 9.97 Å². The number of hydrogen-bond donors (Lipinski definition) is 2. The first-order valence-electron chi connectivity index (χ1n) is 6.43. The van der Waals surface area contributed by atoms with Gasteiger partial charge >= 0.3 is 0 Å². The third-order valence-electron chi connectivity index (χ3n) is 3.42. The Labute approximate surface area is 112 Å². The number of rotatable bonds is 6. The maximum atomic E-state index is 6.20. The maximum absolute atomic E-state index is 6.20. The summed E-state index contributed by atoms with van der Waals surface area (Å²) in [4.78, 5) is 9.54. The second-order valence-corrected chi connectivity index (χ2v) is 5.38. The monoisotopic (exact) mass is 264 g/mol. The molecule has 2 aromatic heterocycles. The lowest BCUT2D eigenvalue weighted by atomic mass is 9.95. The van der Waals surface area contributed by atoms with E-state index in [-0.39, 0.29) is 6.04 Å². The summed E-state index contributed by atoms with van der Waals surface area (Å²) in [5, 5.41) is 6.47. The molecule has 3 N–H and O–H groups in total. The highest BCUT2D eigenvalue weighted by Crippen LogP contribution is 2.23. The highest BCUT2D eigenvalue weighted by atomic mass is 32.1. The Morgan fingerprint density at radius 2 is 2.11 bits per heavy atom. The quantitative estimate of drug-likeness (QED) is 0.842. The van der Waals surface area contributed by atoms with E-state index in [1.54, 1.807) is 17.7 Å². The number of nitrogens with two attached hydrogens (primary N) is 1. The lowest BCUT2D eigenvalue weighted by molar-refractivity contribution is 0.407. The molecule has 0 saturated carbocycles. The zero-order chi connectivity index (χ0) is 13.0. The molecule has 0 aliphatic carbocycles. The lowest BCUT2D eigenvalue weighted by Crippen LogP contribution is -2.36. The Bertz CT molecular complexity index is 492. The Morgan fingerprint density at radius 3 is 2.83 bits per heavy atom. The second kappa shape index (κ2) is 6.11. The molecule has 0 bridgehead atoms. The van der Waals surface area contributed by atoms with Crippen LogP contribution in [0.25, 0.3) is 10.2 Å². The fourth-order valence-electron chi connectivity index (χ4n) is 2.21. The highest BCUT2D eigenvalue weighted by Gasteiger charge is 2.14. The molecule has 0 spiro atoms. The molecule has 2 aromatic rings. The van der Waals surface area contributed by atoms with Crippen molar-refractivity contribution in [1.29, 1.82) is 0 Å². The molecule has 0 amide bonds. The van der Waals surface area contributed by atoms with Crippen LogP contribution in [0.2, 0.25) is 0 Å². The standard InChI is InChI=1S/C13H20N4S/c1-3-9(4-2)11(14)7-15-12-10-5-6-18-13(10)17-8-16-12/h5-6,8-9,11H,3-4,7,14H2,1-2H3,(H,15,16,17). The molecule has 2 heterocycles. The molecule has 1 unspecified atom stereocenters. The minimum atomic E-state index is 0.170. The van der Waals surface area contributed by atoms with Crippen LogP contribution in [-0.2, 0) is 0 Å². The van der Waals surface area contributed by atoms with Crippen molar-refractivity contribution in [3.8, 4) is 0 Å². The van der Waals surface area contributed by atoms with Gasteiger partial charge in [-0.05, 0) is 17.4 Å². The highest BCUT2D eigenvalue weighted by molar-refractivity contribution is 7.16. The maximum Gasteiger partial charge on any atom is 0.138 e. The van der Waals surface area contributed by atoms with Gasteiger partial charge in [0.2, 0.25) is 0 Å². The van der Waals surface area contributed by atoms with Crippen LogP contribution in [0, 0.1) is 5.92 Å². The molecule has 98 valence electrons. The zero-order valence-electron chi connectivity index (χ0n) is 10.9. The average Bonchev–Trinajstić information content (AvgIpc) is 2.86. The third-order valence-corrected chi connectivity index (χ3v) is 4.24. The molecule has 0 radical (unpaired) electrons. The van der Waals surface area contributed by atoms with E-state index in [0.717, 1.165) is 35.4 Å². The minimum Gasteiger partial charge on any atom is -0.368 e. The molecule has 0 aliphatic rings. The van der Waals surface area contributed by atoms with Crippen molar-refractivity contribution in [2.24, 2.45) is 11.7 Å². The van der Waals surface area contributed by atoms with Gasteiger partial charge in [0.05, 0.1) is 5.39 Å². The molecule has 0 aromatic carbocycles. The molecule has 5 heteroatoms. The number of aromatic nitrogens is 2. The van der Waals surface area contributed by atoms with Crippen molar-refractivity contribution >= 4 is 27.4 Å². The van der Waals surface area contributed by atoms with Crippen molar-refractivity contribution in [3.05, 3.63) is 17.8 Å². The minimum absolute atomic E-state index is 0.170. The predicted molar refractivity (Wildman–Crippen MR) is 78.0 cm³/mol. The summed E-state index contributed by atoms with van der Waals surface area (Å²) >= 11 is 1.63. The van der Waals surface area contributed by atoms with Crippen LogP contribution in [0.1, 0.15) is 26.7 Å². The SMILES string of the molecule is CCC(CC)C(N)CNc1ncnc2sccc12. The summed E-state index contributed by atoms with van der Waals surface area (Å²) in [6, 6.07) is 2.22. The van der Waals surface area contributed by atoms with Gasteiger partial charge in [0, 0.05) is 12.6 Å². The largest absolute Gasteiger partial charge is 0.368 e. The predicted octanol–water partition coefficient (Wildman–Crippen LogP) is 2.87.